The second-order valence-corrected chi connectivity index (χ2v) is 10.6. The van der Waals surface area contributed by atoms with Gasteiger partial charge in [-0.15, -0.1) is 11.6 Å². The Labute approximate surface area is 113 Å². The summed E-state index contributed by atoms with van der Waals surface area (Å²) in [5, 5.41) is 0.640. The predicted octanol–water partition coefficient (Wildman–Crippen LogP) is 3.19. The maximum absolute atomic E-state index is 14.0. The standard InChI is InChI=1S/C13H18ClFO2Si/c1-17-12-8-10(15)13(18(2,3)4)7-9(12)11(16)5-6-14/h7-8H,5-6H2,1-4H3. The van der Waals surface area contributed by atoms with E-state index in [1.54, 1.807) is 6.07 Å². The van der Waals surface area contributed by atoms with E-state index in [0.717, 1.165) is 0 Å². The number of ether oxygens (including phenoxy) is 1. The summed E-state index contributed by atoms with van der Waals surface area (Å²) in [7, 11) is -0.399. The van der Waals surface area contributed by atoms with Gasteiger partial charge in [0.1, 0.15) is 11.6 Å². The molecule has 18 heavy (non-hydrogen) atoms. The Hall–Kier alpha value is -0.873. The minimum atomic E-state index is -1.83. The molecule has 0 atom stereocenters. The Morgan fingerprint density at radius 1 is 1.39 bits per heavy atom. The molecule has 0 saturated carbocycles. The van der Waals surface area contributed by atoms with Gasteiger partial charge in [0, 0.05) is 18.4 Å². The lowest BCUT2D eigenvalue weighted by Crippen LogP contribution is -2.40. The molecule has 1 aromatic rings. The molecule has 0 amide bonds. The summed E-state index contributed by atoms with van der Waals surface area (Å²) in [6.07, 6.45) is 0.231. The number of halogens is 2. The van der Waals surface area contributed by atoms with E-state index in [1.807, 2.05) is 19.6 Å². The summed E-state index contributed by atoms with van der Waals surface area (Å²) in [6.45, 7) is 6.11. The smallest absolute Gasteiger partial charge is 0.167 e. The van der Waals surface area contributed by atoms with Gasteiger partial charge in [-0.05, 0) is 11.3 Å². The van der Waals surface area contributed by atoms with Crippen LogP contribution < -0.4 is 9.92 Å². The molecule has 0 aliphatic rings. The van der Waals surface area contributed by atoms with Crippen LogP contribution >= 0.6 is 11.6 Å². The maximum atomic E-state index is 14.0. The third-order valence-electron chi connectivity index (χ3n) is 2.72. The molecule has 0 radical (unpaired) electrons. The number of methoxy groups -OCH3 is 1. The van der Waals surface area contributed by atoms with Crippen molar-refractivity contribution in [1.29, 1.82) is 0 Å². The number of ketones is 1. The van der Waals surface area contributed by atoms with E-state index in [4.69, 9.17) is 16.3 Å². The first kappa shape index (κ1) is 15.2. The molecular formula is C13H18ClFO2Si. The predicted molar refractivity (Wildman–Crippen MR) is 75.6 cm³/mol. The third-order valence-corrected chi connectivity index (χ3v) is 4.91. The van der Waals surface area contributed by atoms with Gasteiger partial charge in [-0.3, -0.25) is 4.79 Å². The minimum absolute atomic E-state index is 0.110. The van der Waals surface area contributed by atoms with Crippen molar-refractivity contribution in [1.82, 2.24) is 0 Å². The number of benzene rings is 1. The van der Waals surface area contributed by atoms with Gasteiger partial charge in [-0.2, -0.15) is 0 Å². The average Bonchev–Trinajstić information content (AvgIpc) is 2.27. The topological polar surface area (TPSA) is 26.3 Å². The Balaban J connectivity index is 3.35. The van der Waals surface area contributed by atoms with Crippen LogP contribution in [0.5, 0.6) is 5.75 Å². The highest BCUT2D eigenvalue weighted by Crippen LogP contribution is 2.22. The molecule has 0 fully saturated rings. The average molecular weight is 289 g/mol. The molecule has 2 nitrogen and oxygen atoms in total. The van der Waals surface area contributed by atoms with E-state index in [0.29, 0.717) is 10.8 Å². The van der Waals surface area contributed by atoms with Crippen LogP contribution in [0.3, 0.4) is 0 Å². The Morgan fingerprint density at radius 2 is 2.00 bits per heavy atom. The monoisotopic (exact) mass is 288 g/mol. The van der Waals surface area contributed by atoms with Crippen molar-refractivity contribution < 1.29 is 13.9 Å². The van der Waals surface area contributed by atoms with Gasteiger partial charge in [0.2, 0.25) is 0 Å². The van der Waals surface area contributed by atoms with Gasteiger partial charge in [0.05, 0.1) is 20.7 Å². The SMILES string of the molecule is COc1cc(F)c([Si](C)(C)C)cc1C(=O)CCCl. The summed E-state index contributed by atoms with van der Waals surface area (Å²) >= 11 is 5.58. The van der Waals surface area contributed by atoms with Crippen LogP contribution in [-0.2, 0) is 0 Å². The van der Waals surface area contributed by atoms with E-state index in [1.165, 1.54) is 13.2 Å². The lowest BCUT2D eigenvalue weighted by atomic mass is 10.1. The zero-order valence-corrected chi connectivity index (χ0v) is 12.9. The van der Waals surface area contributed by atoms with Gasteiger partial charge in [0.15, 0.2) is 5.78 Å². The molecule has 0 spiro atoms. The summed E-state index contributed by atoms with van der Waals surface area (Å²) in [5.74, 6) is 0.126. The third kappa shape index (κ3) is 3.33. The van der Waals surface area contributed by atoms with Crippen molar-refractivity contribution in [3.63, 3.8) is 0 Å². The molecule has 0 heterocycles. The Kier molecular flexibility index (Phi) is 4.93. The molecule has 1 aromatic carbocycles. The zero-order valence-electron chi connectivity index (χ0n) is 11.1. The molecule has 0 unspecified atom stereocenters. The molecule has 0 aromatic heterocycles. The molecule has 0 N–H and O–H groups in total. The second kappa shape index (κ2) is 5.84. The molecule has 5 heteroatoms. The van der Waals surface area contributed by atoms with Crippen molar-refractivity contribution >= 4 is 30.6 Å². The fourth-order valence-electron chi connectivity index (χ4n) is 1.74. The van der Waals surface area contributed by atoms with Crippen LogP contribution in [0.25, 0.3) is 0 Å². The van der Waals surface area contributed by atoms with E-state index in [2.05, 4.69) is 0 Å². The zero-order chi connectivity index (χ0) is 13.9. The van der Waals surface area contributed by atoms with Crippen molar-refractivity contribution in [2.24, 2.45) is 0 Å². The first-order valence-electron chi connectivity index (χ1n) is 5.78. The van der Waals surface area contributed by atoms with Gasteiger partial charge < -0.3 is 4.74 Å². The lowest BCUT2D eigenvalue weighted by molar-refractivity contribution is 0.0986. The Morgan fingerprint density at radius 3 is 2.44 bits per heavy atom. The van der Waals surface area contributed by atoms with E-state index in [-0.39, 0.29) is 29.7 Å². The van der Waals surface area contributed by atoms with E-state index < -0.39 is 8.07 Å². The van der Waals surface area contributed by atoms with Gasteiger partial charge in [-0.1, -0.05) is 19.6 Å². The summed E-state index contributed by atoms with van der Waals surface area (Å²) in [6, 6.07) is 2.93. The molecular weight excluding hydrogens is 271 g/mol. The van der Waals surface area contributed by atoms with E-state index in [9.17, 15) is 9.18 Å². The number of carbonyl (C=O) groups excluding carboxylic acids is 1. The molecule has 0 saturated heterocycles. The fourth-order valence-corrected chi connectivity index (χ4v) is 3.27. The number of Topliss-reactive ketones (excluding diaryl/α,β-unsaturated/α-hetero) is 1. The summed E-state index contributed by atoms with van der Waals surface area (Å²) < 4.78 is 19.1. The number of rotatable bonds is 5. The maximum Gasteiger partial charge on any atom is 0.167 e. The Bertz CT molecular complexity index is 455. The summed E-state index contributed by atoms with van der Waals surface area (Å²) in [4.78, 5) is 11.9. The van der Waals surface area contributed by atoms with Gasteiger partial charge in [-0.25, -0.2) is 4.39 Å². The van der Waals surface area contributed by atoms with Crippen molar-refractivity contribution in [3.8, 4) is 5.75 Å². The van der Waals surface area contributed by atoms with Gasteiger partial charge in [0.25, 0.3) is 0 Å². The fraction of sp³-hybridized carbons (Fsp3) is 0.462. The molecule has 100 valence electrons. The molecule has 0 aliphatic carbocycles. The highest BCUT2D eigenvalue weighted by molar-refractivity contribution is 6.88. The summed E-state index contributed by atoms with van der Waals surface area (Å²) in [5.41, 5.74) is 0.428. The quantitative estimate of drug-likeness (QED) is 0.472. The first-order valence-corrected chi connectivity index (χ1v) is 9.82. The highest BCUT2D eigenvalue weighted by Gasteiger charge is 2.24. The normalized spacial score (nSPS) is 11.4. The largest absolute Gasteiger partial charge is 0.496 e. The van der Waals surface area contributed by atoms with Crippen molar-refractivity contribution in [3.05, 3.63) is 23.5 Å². The number of hydrogen-bond acceptors (Lipinski definition) is 2. The van der Waals surface area contributed by atoms with Gasteiger partial charge >= 0.3 is 0 Å². The number of hydrogen-bond donors (Lipinski definition) is 0. The number of carbonyl (C=O) groups is 1. The van der Waals surface area contributed by atoms with Crippen molar-refractivity contribution in [2.45, 2.75) is 26.1 Å². The van der Waals surface area contributed by atoms with Crippen molar-refractivity contribution in [2.75, 3.05) is 13.0 Å². The van der Waals surface area contributed by atoms with Crippen LogP contribution in [0.2, 0.25) is 19.6 Å². The number of alkyl halides is 1. The molecule has 1 rings (SSSR count). The minimum Gasteiger partial charge on any atom is -0.496 e. The molecule has 0 aliphatic heterocycles. The molecule has 0 bridgehead atoms. The van der Waals surface area contributed by atoms with Crippen LogP contribution in [-0.4, -0.2) is 26.8 Å². The van der Waals surface area contributed by atoms with Crippen LogP contribution in [0.15, 0.2) is 12.1 Å². The van der Waals surface area contributed by atoms with E-state index >= 15 is 0 Å². The van der Waals surface area contributed by atoms with Crippen LogP contribution in [0.1, 0.15) is 16.8 Å². The second-order valence-electron chi connectivity index (χ2n) is 5.14. The van der Waals surface area contributed by atoms with Crippen LogP contribution in [0, 0.1) is 5.82 Å². The first-order chi connectivity index (χ1) is 8.31. The lowest BCUT2D eigenvalue weighted by Gasteiger charge is -2.19. The highest BCUT2D eigenvalue weighted by atomic mass is 35.5. The van der Waals surface area contributed by atoms with Crippen LogP contribution in [0.4, 0.5) is 4.39 Å².